The molecule has 2 aliphatic heterocycles. The van der Waals surface area contributed by atoms with Crippen LogP contribution in [0.15, 0.2) is 0 Å². The molecule has 4 atom stereocenters. The monoisotopic (exact) mass is 242 g/mol. The second kappa shape index (κ2) is 6.69. The van der Waals surface area contributed by atoms with Crippen LogP contribution < -0.4 is 10.6 Å². The summed E-state index contributed by atoms with van der Waals surface area (Å²) < 4.78 is 11.0. The van der Waals surface area contributed by atoms with Crippen molar-refractivity contribution in [3.63, 3.8) is 0 Å². The van der Waals surface area contributed by atoms with E-state index in [1.807, 2.05) is 0 Å². The Hall–Kier alpha value is -0.160. The quantitative estimate of drug-likeness (QED) is 0.764. The zero-order chi connectivity index (χ0) is 12.1. The maximum Gasteiger partial charge on any atom is 0.0620 e. The molecule has 2 N–H and O–H groups in total. The van der Waals surface area contributed by atoms with Gasteiger partial charge in [-0.15, -0.1) is 0 Å². The van der Waals surface area contributed by atoms with Crippen LogP contribution in [0.1, 0.15) is 26.7 Å². The summed E-state index contributed by atoms with van der Waals surface area (Å²) in [6, 6.07) is 1.67. The van der Waals surface area contributed by atoms with Crippen LogP contribution in [-0.4, -0.2) is 51.1 Å². The molecule has 2 heterocycles. The number of ether oxygens (including phenoxy) is 2. The van der Waals surface area contributed by atoms with Gasteiger partial charge in [-0.25, -0.2) is 0 Å². The summed E-state index contributed by atoms with van der Waals surface area (Å²) in [5, 5.41) is 7.25. The molecule has 2 aliphatic rings. The summed E-state index contributed by atoms with van der Waals surface area (Å²) in [6.45, 7) is 9.05. The first-order chi connectivity index (χ1) is 8.25. The fourth-order valence-corrected chi connectivity index (χ4v) is 2.76. The van der Waals surface area contributed by atoms with Crippen LogP contribution in [0, 0.1) is 5.92 Å². The van der Waals surface area contributed by atoms with Gasteiger partial charge >= 0.3 is 0 Å². The predicted octanol–water partition coefficient (Wildman–Crippen LogP) is 0.768. The van der Waals surface area contributed by atoms with Gasteiger partial charge in [-0.1, -0.05) is 6.92 Å². The Bertz CT molecular complexity index is 219. The molecule has 0 radical (unpaired) electrons. The first-order valence-electron chi connectivity index (χ1n) is 6.90. The maximum absolute atomic E-state index is 5.48. The molecule has 0 aromatic rings. The topological polar surface area (TPSA) is 42.5 Å². The van der Waals surface area contributed by atoms with E-state index in [4.69, 9.17) is 9.47 Å². The van der Waals surface area contributed by atoms with Crippen molar-refractivity contribution in [2.75, 3.05) is 33.0 Å². The van der Waals surface area contributed by atoms with E-state index in [-0.39, 0.29) is 0 Å². The van der Waals surface area contributed by atoms with Crippen LogP contribution >= 0.6 is 0 Å². The molecule has 100 valence electrons. The van der Waals surface area contributed by atoms with Gasteiger partial charge in [0, 0.05) is 31.3 Å². The molecule has 0 aromatic carbocycles. The normalized spacial score (nSPS) is 36.7. The van der Waals surface area contributed by atoms with Crippen molar-refractivity contribution in [2.24, 2.45) is 5.92 Å². The zero-order valence-electron chi connectivity index (χ0n) is 11.1. The van der Waals surface area contributed by atoms with Gasteiger partial charge in [0.2, 0.25) is 0 Å². The maximum atomic E-state index is 5.48. The van der Waals surface area contributed by atoms with Crippen LogP contribution in [-0.2, 0) is 9.47 Å². The largest absolute Gasteiger partial charge is 0.381 e. The van der Waals surface area contributed by atoms with E-state index in [9.17, 15) is 0 Å². The third-order valence-corrected chi connectivity index (χ3v) is 3.78. The average Bonchev–Trinajstić information content (AvgIpc) is 2.33. The van der Waals surface area contributed by atoms with Gasteiger partial charge in [0.1, 0.15) is 0 Å². The Balaban J connectivity index is 1.70. The van der Waals surface area contributed by atoms with E-state index in [1.165, 1.54) is 0 Å². The second-order valence-corrected chi connectivity index (χ2v) is 5.48. The van der Waals surface area contributed by atoms with Gasteiger partial charge in [-0.2, -0.15) is 0 Å². The highest BCUT2D eigenvalue weighted by Crippen LogP contribution is 2.15. The molecule has 0 aliphatic carbocycles. The molecule has 2 fully saturated rings. The van der Waals surface area contributed by atoms with E-state index >= 15 is 0 Å². The highest BCUT2D eigenvalue weighted by molar-refractivity contribution is 4.82. The van der Waals surface area contributed by atoms with Crippen LogP contribution in [0.3, 0.4) is 0 Å². The van der Waals surface area contributed by atoms with Gasteiger partial charge in [-0.05, 0) is 25.7 Å². The number of hydrogen-bond donors (Lipinski definition) is 2. The predicted molar refractivity (Wildman–Crippen MR) is 68.2 cm³/mol. The Morgan fingerprint density at radius 2 is 2.12 bits per heavy atom. The Morgan fingerprint density at radius 1 is 1.29 bits per heavy atom. The SMILES string of the molecule is CC(CC1COCCN1)NC1CCOCC1C. The third kappa shape index (κ3) is 4.21. The molecule has 2 rings (SSSR count). The fourth-order valence-electron chi connectivity index (χ4n) is 2.76. The van der Waals surface area contributed by atoms with Crippen molar-refractivity contribution in [2.45, 2.75) is 44.8 Å². The molecule has 4 unspecified atom stereocenters. The van der Waals surface area contributed by atoms with E-state index in [2.05, 4.69) is 24.5 Å². The molecule has 2 saturated heterocycles. The van der Waals surface area contributed by atoms with E-state index in [1.54, 1.807) is 0 Å². The number of morpholine rings is 1. The molecule has 0 saturated carbocycles. The van der Waals surface area contributed by atoms with Crippen molar-refractivity contribution in [3.05, 3.63) is 0 Å². The van der Waals surface area contributed by atoms with Crippen LogP contribution in [0.2, 0.25) is 0 Å². The summed E-state index contributed by atoms with van der Waals surface area (Å²) >= 11 is 0. The molecule has 17 heavy (non-hydrogen) atoms. The van der Waals surface area contributed by atoms with Gasteiger partial charge in [0.25, 0.3) is 0 Å². The Labute approximate surface area is 104 Å². The lowest BCUT2D eigenvalue weighted by Crippen LogP contribution is -2.49. The number of hydrogen-bond acceptors (Lipinski definition) is 4. The third-order valence-electron chi connectivity index (χ3n) is 3.78. The first-order valence-corrected chi connectivity index (χ1v) is 6.90. The second-order valence-electron chi connectivity index (χ2n) is 5.48. The molecule has 4 heteroatoms. The van der Waals surface area contributed by atoms with Crippen molar-refractivity contribution in [1.82, 2.24) is 10.6 Å². The molecule has 0 aromatic heterocycles. The van der Waals surface area contributed by atoms with Crippen molar-refractivity contribution >= 4 is 0 Å². The minimum Gasteiger partial charge on any atom is -0.381 e. The zero-order valence-corrected chi connectivity index (χ0v) is 11.1. The lowest BCUT2D eigenvalue weighted by atomic mass is 9.96. The van der Waals surface area contributed by atoms with E-state index in [0.29, 0.717) is 24.0 Å². The smallest absolute Gasteiger partial charge is 0.0620 e. The van der Waals surface area contributed by atoms with E-state index in [0.717, 1.165) is 45.8 Å². The molecule has 4 nitrogen and oxygen atoms in total. The summed E-state index contributed by atoms with van der Waals surface area (Å²) in [7, 11) is 0. The number of rotatable bonds is 4. The summed E-state index contributed by atoms with van der Waals surface area (Å²) in [6.07, 6.45) is 2.28. The Kier molecular flexibility index (Phi) is 5.22. The fraction of sp³-hybridized carbons (Fsp3) is 1.00. The van der Waals surface area contributed by atoms with Gasteiger partial charge in [-0.3, -0.25) is 0 Å². The molecular formula is C13H26N2O2. The summed E-state index contributed by atoms with van der Waals surface area (Å²) in [5.74, 6) is 0.627. The van der Waals surface area contributed by atoms with Gasteiger partial charge in [0.05, 0.1) is 19.8 Å². The van der Waals surface area contributed by atoms with E-state index < -0.39 is 0 Å². The van der Waals surface area contributed by atoms with Crippen molar-refractivity contribution in [3.8, 4) is 0 Å². The molecule has 0 bridgehead atoms. The van der Waals surface area contributed by atoms with Crippen LogP contribution in [0.25, 0.3) is 0 Å². The molecule has 0 spiro atoms. The van der Waals surface area contributed by atoms with Crippen molar-refractivity contribution in [1.29, 1.82) is 0 Å². The first kappa shape index (κ1) is 13.3. The molecule has 0 amide bonds. The average molecular weight is 242 g/mol. The summed E-state index contributed by atoms with van der Waals surface area (Å²) in [5.41, 5.74) is 0. The highest BCUT2D eigenvalue weighted by Gasteiger charge is 2.24. The Morgan fingerprint density at radius 3 is 2.82 bits per heavy atom. The highest BCUT2D eigenvalue weighted by atomic mass is 16.5. The van der Waals surface area contributed by atoms with Crippen molar-refractivity contribution < 1.29 is 9.47 Å². The lowest BCUT2D eigenvalue weighted by molar-refractivity contribution is 0.0333. The summed E-state index contributed by atoms with van der Waals surface area (Å²) in [4.78, 5) is 0. The lowest BCUT2D eigenvalue weighted by Gasteiger charge is -2.34. The van der Waals surface area contributed by atoms with Crippen LogP contribution in [0.5, 0.6) is 0 Å². The minimum atomic E-state index is 0.515. The number of nitrogens with one attached hydrogen (secondary N) is 2. The van der Waals surface area contributed by atoms with Gasteiger partial charge in [0.15, 0.2) is 0 Å². The standard InChI is InChI=1S/C13H26N2O2/c1-10-8-16-5-3-13(10)15-11(2)7-12-9-17-6-4-14-12/h10-15H,3-9H2,1-2H3. The van der Waals surface area contributed by atoms with Gasteiger partial charge < -0.3 is 20.1 Å². The molecular weight excluding hydrogens is 216 g/mol. The van der Waals surface area contributed by atoms with Crippen LogP contribution in [0.4, 0.5) is 0 Å². The minimum absolute atomic E-state index is 0.515.